The molecule has 0 aliphatic carbocycles. The van der Waals surface area contributed by atoms with E-state index in [-0.39, 0.29) is 17.4 Å². The number of carbonyl (C=O) groups is 2. The fraction of sp³-hybridized carbons (Fsp3) is 0.208. The van der Waals surface area contributed by atoms with E-state index in [1.54, 1.807) is 33.5 Å². The SMILES string of the molecule is CC(=O)Nc1ccc(C(=O)NCCn2ncc3c(=O)n(Cc4cccc(C)c4)cnc32)cc1. The predicted octanol–water partition coefficient (Wildman–Crippen LogP) is 2.34. The summed E-state index contributed by atoms with van der Waals surface area (Å²) in [5.74, 6) is -0.413. The van der Waals surface area contributed by atoms with Crippen molar-refractivity contribution >= 4 is 28.5 Å². The second-order valence-corrected chi connectivity index (χ2v) is 7.79. The zero-order chi connectivity index (χ0) is 23.4. The smallest absolute Gasteiger partial charge is 0.264 e. The molecule has 0 spiro atoms. The summed E-state index contributed by atoms with van der Waals surface area (Å²) in [5.41, 5.74) is 3.59. The average molecular weight is 444 g/mol. The summed E-state index contributed by atoms with van der Waals surface area (Å²) in [6.45, 7) is 4.56. The molecule has 2 amide bonds. The largest absolute Gasteiger partial charge is 0.350 e. The molecule has 2 heterocycles. The Labute approximate surface area is 190 Å². The van der Waals surface area contributed by atoms with Crippen molar-refractivity contribution in [2.45, 2.75) is 26.9 Å². The standard InChI is InChI=1S/C24H24N6O3/c1-16-4-3-5-18(12-16)14-29-15-26-22-21(24(29)33)13-27-30(22)11-10-25-23(32)19-6-8-20(9-7-19)28-17(2)31/h3-9,12-13,15H,10-11,14H2,1-2H3,(H,25,32)(H,28,31). The summed E-state index contributed by atoms with van der Waals surface area (Å²) in [4.78, 5) is 40.8. The molecule has 0 atom stereocenters. The molecule has 2 N–H and O–H groups in total. The summed E-state index contributed by atoms with van der Waals surface area (Å²) in [5, 5.41) is 10.2. The van der Waals surface area contributed by atoms with Gasteiger partial charge in [0.1, 0.15) is 11.7 Å². The van der Waals surface area contributed by atoms with Gasteiger partial charge in [-0.05, 0) is 36.8 Å². The highest BCUT2D eigenvalue weighted by Gasteiger charge is 2.11. The Kier molecular flexibility index (Phi) is 6.30. The second-order valence-electron chi connectivity index (χ2n) is 7.79. The van der Waals surface area contributed by atoms with Gasteiger partial charge in [-0.15, -0.1) is 0 Å². The number of fused-ring (bicyclic) bond motifs is 1. The zero-order valence-corrected chi connectivity index (χ0v) is 18.4. The molecule has 168 valence electrons. The zero-order valence-electron chi connectivity index (χ0n) is 18.4. The van der Waals surface area contributed by atoms with Crippen LogP contribution >= 0.6 is 0 Å². The van der Waals surface area contributed by atoms with Crippen molar-refractivity contribution < 1.29 is 9.59 Å². The average Bonchev–Trinajstić information content (AvgIpc) is 3.19. The van der Waals surface area contributed by atoms with E-state index in [9.17, 15) is 14.4 Å². The van der Waals surface area contributed by atoms with Crippen LogP contribution in [0.15, 0.2) is 65.8 Å². The highest BCUT2D eigenvalue weighted by Crippen LogP contribution is 2.10. The Bertz CT molecular complexity index is 1370. The van der Waals surface area contributed by atoms with Crippen LogP contribution in [0, 0.1) is 6.92 Å². The molecule has 0 bridgehead atoms. The van der Waals surface area contributed by atoms with Gasteiger partial charge in [-0.25, -0.2) is 9.67 Å². The molecule has 0 aliphatic heterocycles. The molecule has 4 aromatic rings. The van der Waals surface area contributed by atoms with Crippen LogP contribution in [-0.4, -0.2) is 37.7 Å². The van der Waals surface area contributed by atoms with Crippen molar-refractivity contribution in [2.75, 3.05) is 11.9 Å². The fourth-order valence-electron chi connectivity index (χ4n) is 3.57. The first-order chi connectivity index (χ1) is 15.9. The number of anilines is 1. The Morgan fingerprint density at radius 3 is 2.61 bits per heavy atom. The quantitative estimate of drug-likeness (QED) is 0.455. The first-order valence-electron chi connectivity index (χ1n) is 10.5. The minimum Gasteiger partial charge on any atom is -0.350 e. The van der Waals surface area contributed by atoms with Crippen LogP contribution in [0.25, 0.3) is 11.0 Å². The number of aryl methyl sites for hydroxylation is 1. The predicted molar refractivity (Wildman–Crippen MR) is 125 cm³/mol. The minimum absolute atomic E-state index is 0.156. The van der Waals surface area contributed by atoms with Gasteiger partial charge in [0.2, 0.25) is 5.91 Å². The number of hydrogen-bond donors (Lipinski definition) is 2. The molecule has 0 saturated heterocycles. The second kappa shape index (κ2) is 9.47. The maximum atomic E-state index is 12.9. The summed E-state index contributed by atoms with van der Waals surface area (Å²) in [6.07, 6.45) is 3.04. The van der Waals surface area contributed by atoms with Gasteiger partial charge in [0.05, 0.1) is 19.3 Å². The number of aromatic nitrogens is 4. The molecule has 9 heteroatoms. The third-order valence-electron chi connectivity index (χ3n) is 5.13. The van der Waals surface area contributed by atoms with Gasteiger partial charge >= 0.3 is 0 Å². The van der Waals surface area contributed by atoms with Gasteiger partial charge in [-0.3, -0.25) is 19.0 Å². The lowest BCUT2D eigenvalue weighted by atomic mass is 10.1. The van der Waals surface area contributed by atoms with Gasteiger partial charge in [-0.2, -0.15) is 5.10 Å². The van der Waals surface area contributed by atoms with Crippen molar-refractivity contribution in [2.24, 2.45) is 0 Å². The molecule has 33 heavy (non-hydrogen) atoms. The van der Waals surface area contributed by atoms with Crippen LogP contribution in [0.4, 0.5) is 5.69 Å². The molecule has 2 aromatic heterocycles. The topological polar surface area (TPSA) is 111 Å². The number of nitrogens with one attached hydrogen (secondary N) is 2. The van der Waals surface area contributed by atoms with Crippen LogP contribution < -0.4 is 16.2 Å². The van der Waals surface area contributed by atoms with Crippen molar-refractivity contribution in [1.82, 2.24) is 24.6 Å². The molecule has 0 unspecified atom stereocenters. The van der Waals surface area contributed by atoms with Gasteiger partial charge in [0, 0.05) is 24.7 Å². The Hall–Kier alpha value is -4.27. The Morgan fingerprint density at radius 2 is 1.88 bits per heavy atom. The van der Waals surface area contributed by atoms with Crippen molar-refractivity contribution in [3.63, 3.8) is 0 Å². The van der Waals surface area contributed by atoms with Crippen molar-refractivity contribution in [3.05, 3.63) is 88.1 Å². The molecule has 0 radical (unpaired) electrons. The number of amides is 2. The highest BCUT2D eigenvalue weighted by atomic mass is 16.2. The minimum atomic E-state index is -0.241. The third kappa shape index (κ3) is 5.15. The molecule has 9 nitrogen and oxygen atoms in total. The molecular formula is C24H24N6O3. The molecule has 2 aromatic carbocycles. The van der Waals surface area contributed by atoms with E-state index in [0.29, 0.717) is 41.9 Å². The van der Waals surface area contributed by atoms with Crippen LogP contribution in [0.5, 0.6) is 0 Å². The monoisotopic (exact) mass is 444 g/mol. The normalized spacial score (nSPS) is 10.8. The van der Waals surface area contributed by atoms with Gasteiger partial charge in [0.25, 0.3) is 11.5 Å². The summed E-state index contributed by atoms with van der Waals surface area (Å²) in [7, 11) is 0. The summed E-state index contributed by atoms with van der Waals surface area (Å²) < 4.78 is 3.17. The molecule has 0 aliphatic rings. The van der Waals surface area contributed by atoms with E-state index in [2.05, 4.69) is 20.7 Å². The molecule has 4 rings (SSSR count). The molecule has 0 fully saturated rings. The number of nitrogens with zero attached hydrogens (tertiary/aromatic N) is 4. The Morgan fingerprint density at radius 1 is 1.09 bits per heavy atom. The summed E-state index contributed by atoms with van der Waals surface area (Å²) in [6, 6.07) is 14.6. The first-order valence-corrected chi connectivity index (χ1v) is 10.5. The first kappa shape index (κ1) is 21.9. The van der Waals surface area contributed by atoms with Crippen molar-refractivity contribution in [3.8, 4) is 0 Å². The molecular weight excluding hydrogens is 420 g/mol. The van der Waals surface area contributed by atoms with Crippen LogP contribution in [0.3, 0.4) is 0 Å². The number of benzene rings is 2. The Balaban J connectivity index is 1.40. The third-order valence-corrected chi connectivity index (χ3v) is 5.13. The van der Waals surface area contributed by atoms with E-state index in [4.69, 9.17) is 0 Å². The van der Waals surface area contributed by atoms with Crippen LogP contribution in [0.2, 0.25) is 0 Å². The van der Waals surface area contributed by atoms with Gasteiger partial charge in [0.15, 0.2) is 5.65 Å². The summed E-state index contributed by atoms with van der Waals surface area (Å²) >= 11 is 0. The van der Waals surface area contributed by atoms with Crippen molar-refractivity contribution in [1.29, 1.82) is 0 Å². The van der Waals surface area contributed by atoms with E-state index in [0.717, 1.165) is 11.1 Å². The number of rotatable bonds is 7. The van der Waals surface area contributed by atoms with E-state index in [1.165, 1.54) is 19.4 Å². The fourth-order valence-corrected chi connectivity index (χ4v) is 3.57. The lowest BCUT2D eigenvalue weighted by Gasteiger charge is -2.08. The van der Waals surface area contributed by atoms with E-state index < -0.39 is 0 Å². The van der Waals surface area contributed by atoms with Crippen LogP contribution in [0.1, 0.15) is 28.4 Å². The van der Waals surface area contributed by atoms with E-state index >= 15 is 0 Å². The molecule has 0 saturated carbocycles. The van der Waals surface area contributed by atoms with E-state index in [1.807, 2.05) is 31.2 Å². The number of hydrogen-bond acceptors (Lipinski definition) is 5. The maximum Gasteiger partial charge on any atom is 0.264 e. The van der Waals surface area contributed by atoms with Crippen LogP contribution in [-0.2, 0) is 17.9 Å². The lowest BCUT2D eigenvalue weighted by molar-refractivity contribution is -0.114. The highest BCUT2D eigenvalue weighted by molar-refractivity contribution is 5.95. The van der Waals surface area contributed by atoms with Gasteiger partial charge < -0.3 is 10.6 Å². The number of carbonyl (C=O) groups excluding carboxylic acids is 2. The van der Waals surface area contributed by atoms with Gasteiger partial charge in [-0.1, -0.05) is 29.8 Å². The lowest BCUT2D eigenvalue weighted by Crippen LogP contribution is -2.27. The maximum absolute atomic E-state index is 12.9.